The largest absolute Gasteiger partial charge is 0.444 e. The Hall–Kier alpha value is -0.770. The highest BCUT2D eigenvalue weighted by Gasteiger charge is 2.35. The fourth-order valence-electron chi connectivity index (χ4n) is 3.97. The molecule has 0 radical (unpaired) electrons. The van der Waals surface area contributed by atoms with Gasteiger partial charge < -0.3 is 15.0 Å². The number of nitrogens with one attached hydrogen (secondary N) is 1. The molecular weight excluding hydrogens is 288 g/mol. The molecule has 2 rings (SSSR count). The molecule has 4 heteroatoms. The van der Waals surface area contributed by atoms with Gasteiger partial charge in [-0.25, -0.2) is 4.79 Å². The molecule has 0 aromatic heterocycles. The minimum Gasteiger partial charge on any atom is -0.444 e. The van der Waals surface area contributed by atoms with Crippen LogP contribution in [0.3, 0.4) is 0 Å². The van der Waals surface area contributed by atoms with E-state index in [4.69, 9.17) is 4.74 Å². The van der Waals surface area contributed by atoms with Crippen LogP contribution in [0.1, 0.15) is 73.1 Å². The van der Waals surface area contributed by atoms with Crippen LogP contribution in [0.15, 0.2) is 0 Å². The van der Waals surface area contributed by atoms with Crippen molar-refractivity contribution < 1.29 is 9.53 Å². The number of hydrogen-bond acceptors (Lipinski definition) is 3. The molecule has 1 aliphatic heterocycles. The highest BCUT2D eigenvalue weighted by Crippen LogP contribution is 2.31. The second-order valence-corrected chi connectivity index (χ2v) is 9.03. The topological polar surface area (TPSA) is 41.6 Å². The van der Waals surface area contributed by atoms with Crippen molar-refractivity contribution in [1.29, 1.82) is 0 Å². The summed E-state index contributed by atoms with van der Waals surface area (Å²) in [6.07, 6.45) is 7.60. The lowest BCUT2D eigenvalue weighted by atomic mass is 9.81. The zero-order chi connectivity index (χ0) is 17.1. The van der Waals surface area contributed by atoms with Crippen molar-refractivity contribution in [3.63, 3.8) is 0 Å². The van der Waals surface area contributed by atoms with Gasteiger partial charge >= 0.3 is 6.09 Å². The molecule has 0 aromatic rings. The summed E-state index contributed by atoms with van der Waals surface area (Å²) in [5, 5.41) is 3.76. The summed E-state index contributed by atoms with van der Waals surface area (Å²) in [6.45, 7) is 13.0. The van der Waals surface area contributed by atoms with Gasteiger partial charge in [-0.1, -0.05) is 19.8 Å². The van der Waals surface area contributed by atoms with E-state index in [0.29, 0.717) is 6.04 Å². The third kappa shape index (κ3) is 5.66. The van der Waals surface area contributed by atoms with E-state index in [0.717, 1.165) is 32.0 Å². The summed E-state index contributed by atoms with van der Waals surface area (Å²) >= 11 is 0. The first-order chi connectivity index (χ1) is 10.7. The molecule has 4 nitrogen and oxygen atoms in total. The van der Waals surface area contributed by atoms with E-state index in [2.05, 4.69) is 19.2 Å². The summed E-state index contributed by atoms with van der Waals surface area (Å²) in [6, 6.07) is 0.589. The van der Waals surface area contributed by atoms with Gasteiger partial charge in [0.2, 0.25) is 0 Å². The van der Waals surface area contributed by atoms with Crippen LogP contribution in [0.2, 0.25) is 0 Å². The minimum atomic E-state index is -0.416. The number of ether oxygens (including phenoxy) is 1. The van der Waals surface area contributed by atoms with Crippen molar-refractivity contribution in [2.45, 2.75) is 84.8 Å². The molecular formula is C19H36N2O2. The Bertz CT molecular complexity index is 399. The van der Waals surface area contributed by atoms with Crippen LogP contribution in [0.25, 0.3) is 0 Å². The molecule has 2 atom stereocenters. The first-order valence-corrected chi connectivity index (χ1v) is 9.40. The van der Waals surface area contributed by atoms with Crippen LogP contribution < -0.4 is 5.32 Å². The lowest BCUT2D eigenvalue weighted by molar-refractivity contribution is 0.00631. The second kappa shape index (κ2) is 7.42. The maximum absolute atomic E-state index is 12.3. The fraction of sp³-hybridized carbons (Fsp3) is 0.947. The van der Waals surface area contributed by atoms with Gasteiger partial charge in [-0.15, -0.1) is 0 Å². The van der Waals surface area contributed by atoms with Crippen LogP contribution in [-0.4, -0.2) is 42.3 Å². The van der Waals surface area contributed by atoms with Crippen LogP contribution >= 0.6 is 0 Å². The quantitative estimate of drug-likeness (QED) is 0.843. The van der Waals surface area contributed by atoms with E-state index in [-0.39, 0.29) is 11.5 Å². The Kier molecular flexibility index (Phi) is 5.99. The van der Waals surface area contributed by atoms with Crippen LogP contribution in [0.4, 0.5) is 4.79 Å². The molecule has 1 saturated heterocycles. The van der Waals surface area contributed by atoms with Gasteiger partial charge in [0.25, 0.3) is 0 Å². The number of rotatable bonds is 4. The van der Waals surface area contributed by atoms with Gasteiger partial charge in [-0.05, 0) is 64.7 Å². The molecule has 1 heterocycles. The summed E-state index contributed by atoms with van der Waals surface area (Å²) < 4.78 is 5.54. The molecule has 2 fully saturated rings. The Labute approximate surface area is 142 Å². The number of nitrogens with zero attached hydrogens (tertiary/aromatic N) is 1. The maximum atomic E-state index is 12.3. The van der Waals surface area contributed by atoms with Crippen molar-refractivity contribution in [3.8, 4) is 0 Å². The zero-order valence-electron chi connectivity index (χ0n) is 15.8. The van der Waals surface area contributed by atoms with E-state index >= 15 is 0 Å². The molecule has 1 saturated carbocycles. The van der Waals surface area contributed by atoms with Gasteiger partial charge in [0.15, 0.2) is 0 Å². The second-order valence-electron chi connectivity index (χ2n) is 9.03. The van der Waals surface area contributed by atoms with Crippen LogP contribution in [0, 0.1) is 11.3 Å². The van der Waals surface area contributed by atoms with Crippen LogP contribution in [0.5, 0.6) is 0 Å². The van der Waals surface area contributed by atoms with Gasteiger partial charge in [0.1, 0.15) is 5.60 Å². The lowest BCUT2D eigenvalue weighted by Crippen LogP contribution is -2.51. The lowest BCUT2D eigenvalue weighted by Gasteiger charge is -2.41. The third-order valence-corrected chi connectivity index (χ3v) is 5.39. The number of amides is 1. The molecule has 134 valence electrons. The summed E-state index contributed by atoms with van der Waals surface area (Å²) in [5.74, 6) is 0.837. The van der Waals surface area contributed by atoms with E-state index in [9.17, 15) is 4.79 Å². The monoisotopic (exact) mass is 324 g/mol. The van der Waals surface area contributed by atoms with Crippen molar-refractivity contribution in [1.82, 2.24) is 10.2 Å². The van der Waals surface area contributed by atoms with Crippen molar-refractivity contribution >= 4 is 6.09 Å². The number of carbonyl (C=O) groups excluding carboxylic acids is 1. The normalized spacial score (nSPS) is 28.0. The Morgan fingerprint density at radius 3 is 2.57 bits per heavy atom. The van der Waals surface area contributed by atoms with Crippen molar-refractivity contribution in [3.05, 3.63) is 0 Å². The SMILES string of the molecule is CC(NCC1(C)CCCN(C(=O)OC(C)(C)C)C1)C1CCCC1. The Morgan fingerprint density at radius 1 is 1.30 bits per heavy atom. The van der Waals surface area contributed by atoms with Gasteiger partial charge in [0, 0.05) is 25.7 Å². The maximum Gasteiger partial charge on any atom is 0.410 e. The van der Waals surface area contributed by atoms with E-state index < -0.39 is 5.60 Å². The first-order valence-electron chi connectivity index (χ1n) is 9.40. The predicted octanol–water partition coefficient (Wildman–Crippen LogP) is 4.19. The molecule has 2 unspecified atom stereocenters. The number of hydrogen-bond donors (Lipinski definition) is 1. The Morgan fingerprint density at radius 2 is 1.96 bits per heavy atom. The fourth-order valence-corrected chi connectivity index (χ4v) is 3.97. The van der Waals surface area contributed by atoms with Crippen molar-refractivity contribution in [2.24, 2.45) is 11.3 Å². The number of carbonyl (C=O) groups is 1. The molecule has 1 N–H and O–H groups in total. The molecule has 0 bridgehead atoms. The summed E-state index contributed by atoms with van der Waals surface area (Å²) in [7, 11) is 0. The van der Waals surface area contributed by atoms with Crippen LogP contribution in [-0.2, 0) is 4.74 Å². The summed E-state index contributed by atoms with van der Waals surface area (Å²) in [5.41, 5.74) is -0.262. The molecule has 2 aliphatic rings. The standard InChI is InChI=1S/C19H36N2O2/c1-15(16-9-6-7-10-16)20-13-19(5)11-8-12-21(14-19)17(22)23-18(2,3)4/h15-16,20H,6-14H2,1-5H3. The van der Waals surface area contributed by atoms with Gasteiger partial charge in [0.05, 0.1) is 0 Å². The number of piperidine rings is 1. The van der Waals surface area contributed by atoms with Gasteiger partial charge in [-0.3, -0.25) is 0 Å². The van der Waals surface area contributed by atoms with E-state index in [1.165, 1.54) is 32.1 Å². The molecule has 1 aliphatic carbocycles. The predicted molar refractivity (Wildman–Crippen MR) is 94.6 cm³/mol. The molecule has 1 amide bonds. The highest BCUT2D eigenvalue weighted by molar-refractivity contribution is 5.68. The highest BCUT2D eigenvalue weighted by atomic mass is 16.6. The van der Waals surface area contributed by atoms with E-state index in [1.807, 2.05) is 25.7 Å². The molecule has 23 heavy (non-hydrogen) atoms. The summed E-state index contributed by atoms with van der Waals surface area (Å²) in [4.78, 5) is 14.2. The third-order valence-electron chi connectivity index (χ3n) is 5.39. The zero-order valence-corrected chi connectivity index (χ0v) is 15.8. The number of likely N-dealkylation sites (tertiary alicyclic amines) is 1. The van der Waals surface area contributed by atoms with E-state index in [1.54, 1.807) is 0 Å². The smallest absolute Gasteiger partial charge is 0.410 e. The first kappa shape index (κ1) is 18.6. The minimum absolute atomic E-state index is 0.155. The van der Waals surface area contributed by atoms with Gasteiger partial charge in [-0.2, -0.15) is 0 Å². The molecule has 0 spiro atoms. The molecule has 0 aromatic carbocycles. The average molecular weight is 325 g/mol. The average Bonchev–Trinajstić information content (AvgIpc) is 2.97. The van der Waals surface area contributed by atoms with Crippen molar-refractivity contribution in [2.75, 3.05) is 19.6 Å². The Balaban J connectivity index is 1.84.